The SMILES string of the molecule is CC(C)(C)[Si](C)(C)O[C@@H]1[C@@H]2CCC[C@H]2[C@H](CO)C[C@H]1O. The molecule has 3 nitrogen and oxygen atoms in total. The maximum absolute atomic E-state index is 10.5. The molecular formula is C16H32O3Si. The highest BCUT2D eigenvalue weighted by Crippen LogP contribution is 2.49. The molecule has 0 aromatic carbocycles. The summed E-state index contributed by atoms with van der Waals surface area (Å²) in [5, 5.41) is 20.3. The highest BCUT2D eigenvalue weighted by molar-refractivity contribution is 6.74. The van der Waals surface area contributed by atoms with Crippen molar-refractivity contribution in [3.05, 3.63) is 0 Å². The van der Waals surface area contributed by atoms with Crippen LogP contribution in [0.4, 0.5) is 0 Å². The molecular weight excluding hydrogens is 268 g/mol. The third-order valence-corrected chi connectivity index (χ3v) is 10.5. The first-order valence-electron chi connectivity index (χ1n) is 8.14. The molecule has 2 saturated carbocycles. The Labute approximate surface area is 124 Å². The van der Waals surface area contributed by atoms with Crippen LogP contribution < -0.4 is 0 Å². The monoisotopic (exact) mass is 300 g/mol. The zero-order valence-electron chi connectivity index (χ0n) is 13.7. The van der Waals surface area contributed by atoms with E-state index in [2.05, 4.69) is 33.9 Å². The molecule has 2 rings (SSSR count). The molecule has 2 aliphatic carbocycles. The smallest absolute Gasteiger partial charge is 0.192 e. The van der Waals surface area contributed by atoms with Gasteiger partial charge in [0, 0.05) is 6.61 Å². The second kappa shape index (κ2) is 5.71. The Bertz CT molecular complexity index is 337. The van der Waals surface area contributed by atoms with Crippen molar-refractivity contribution in [2.75, 3.05) is 6.61 Å². The topological polar surface area (TPSA) is 49.7 Å². The summed E-state index contributed by atoms with van der Waals surface area (Å²) in [6.45, 7) is 11.5. The third kappa shape index (κ3) is 2.98. The molecule has 2 fully saturated rings. The predicted molar refractivity (Wildman–Crippen MR) is 84.1 cm³/mol. The highest BCUT2D eigenvalue weighted by atomic mass is 28.4. The summed E-state index contributed by atoms with van der Waals surface area (Å²) in [6, 6.07) is 0. The van der Waals surface area contributed by atoms with Crippen molar-refractivity contribution in [3.63, 3.8) is 0 Å². The molecule has 4 heteroatoms. The largest absolute Gasteiger partial charge is 0.411 e. The molecule has 0 saturated heterocycles. The van der Waals surface area contributed by atoms with E-state index >= 15 is 0 Å². The molecule has 0 heterocycles. The van der Waals surface area contributed by atoms with Gasteiger partial charge >= 0.3 is 0 Å². The van der Waals surface area contributed by atoms with Gasteiger partial charge in [0.1, 0.15) is 0 Å². The summed E-state index contributed by atoms with van der Waals surface area (Å²) in [6.07, 6.45) is 3.86. The number of fused-ring (bicyclic) bond motifs is 1. The minimum absolute atomic E-state index is 0.00816. The van der Waals surface area contributed by atoms with Crippen LogP contribution in [0.3, 0.4) is 0 Å². The molecule has 118 valence electrons. The van der Waals surface area contributed by atoms with E-state index in [0.29, 0.717) is 18.3 Å². The first kappa shape index (κ1) is 16.5. The lowest BCUT2D eigenvalue weighted by molar-refractivity contribution is -0.0814. The van der Waals surface area contributed by atoms with Crippen molar-refractivity contribution >= 4 is 8.32 Å². The minimum atomic E-state index is -1.85. The Balaban J connectivity index is 2.15. The molecule has 5 atom stereocenters. The maximum atomic E-state index is 10.5. The van der Waals surface area contributed by atoms with Crippen LogP contribution in [-0.4, -0.2) is 37.3 Å². The summed E-state index contributed by atoms with van der Waals surface area (Å²) < 4.78 is 6.57. The fourth-order valence-corrected chi connectivity index (χ4v) is 5.17. The summed E-state index contributed by atoms with van der Waals surface area (Å²) in [4.78, 5) is 0. The summed E-state index contributed by atoms with van der Waals surface area (Å²) in [5.41, 5.74) is 0. The van der Waals surface area contributed by atoms with E-state index < -0.39 is 14.4 Å². The summed E-state index contributed by atoms with van der Waals surface area (Å²) in [7, 11) is -1.85. The van der Waals surface area contributed by atoms with Gasteiger partial charge in [-0.2, -0.15) is 0 Å². The van der Waals surface area contributed by atoms with Gasteiger partial charge in [-0.1, -0.05) is 27.2 Å². The van der Waals surface area contributed by atoms with Gasteiger partial charge in [0.15, 0.2) is 8.32 Å². The van der Waals surface area contributed by atoms with Crippen LogP contribution in [0.25, 0.3) is 0 Å². The zero-order valence-corrected chi connectivity index (χ0v) is 14.7. The van der Waals surface area contributed by atoms with Crippen molar-refractivity contribution in [1.82, 2.24) is 0 Å². The lowest BCUT2D eigenvalue weighted by Crippen LogP contribution is -2.54. The van der Waals surface area contributed by atoms with E-state index in [1.807, 2.05) is 0 Å². The Morgan fingerprint density at radius 2 is 1.75 bits per heavy atom. The van der Waals surface area contributed by atoms with Crippen molar-refractivity contribution in [3.8, 4) is 0 Å². The van der Waals surface area contributed by atoms with Crippen LogP contribution >= 0.6 is 0 Å². The second-order valence-corrected chi connectivity index (χ2v) is 13.1. The average molecular weight is 301 g/mol. The number of rotatable bonds is 3. The normalized spacial score (nSPS) is 38.9. The molecule has 2 aliphatic rings. The Morgan fingerprint density at radius 1 is 1.15 bits per heavy atom. The van der Waals surface area contributed by atoms with Crippen LogP contribution in [0.15, 0.2) is 0 Å². The molecule has 2 N–H and O–H groups in total. The standard InChI is InChI=1S/C16H32O3Si/c1-16(2,3)20(4,5)19-15-13-8-6-7-12(13)11(10-17)9-14(15)18/h11-15,17-18H,6-10H2,1-5H3/t11-,12-,13+,14+,15+/m0/s1. The first-order valence-corrected chi connectivity index (χ1v) is 11.0. The van der Waals surface area contributed by atoms with E-state index in [1.54, 1.807) is 0 Å². The maximum Gasteiger partial charge on any atom is 0.192 e. The first-order chi connectivity index (χ1) is 9.17. The van der Waals surface area contributed by atoms with Gasteiger partial charge in [0.25, 0.3) is 0 Å². The van der Waals surface area contributed by atoms with Crippen LogP contribution in [0, 0.1) is 17.8 Å². The average Bonchev–Trinajstić information content (AvgIpc) is 2.80. The van der Waals surface area contributed by atoms with Crippen LogP contribution in [0.1, 0.15) is 46.5 Å². The summed E-state index contributed by atoms with van der Waals surface area (Å²) >= 11 is 0. The van der Waals surface area contributed by atoms with Gasteiger partial charge < -0.3 is 14.6 Å². The lowest BCUT2D eigenvalue weighted by Gasteiger charge is -2.47. The molecule has 0 aromatic rings. The Morgan fingerprint density at radius 3 is 2.30 bits per heavy atom. The number of aliphatic hydroxyl groups is 2. The zero-order chi connectivity index (χ0) is 15.1. The number of hydrogen-bond acceptors (Lipinski definition) is 3. The predicted octanol–water partition coefficient (Wildman–Crippen LogP) is 3.17. The molecule has 0 radical (unpaired) electrons. The quantitative estimate of drug-likeness (QED) is 0.787. The molecule has 0 aromatic heterocycles. The van der Waals surface area contributed by atoms with Crippen LogP contribution in [0.2, 0.25) is 18.1 Å². The van der Waals surface area contributed by atoms with Crippen molar-refractivity contribution in [1.29, 1.82) is 0 Å². The highest BCUT2D eigenvalue weighted by Gasteiger charge is 2.50. The minimum Gasteiger partial charge on any atom is -0.411 e. The van der Waals surface area contributed by atoms with E-state index in [4.69, 9.17) is 4.43 Å². The molecule has 0 bridgehead atoms. The number of hydrogen-bond donors (Lipinski definition) is 2. The van der Waals surface area contributed by atoms with Gasteiger partial charge in [0.2, 0.25) is 0 Å². The van der Waals surface area contributed by atoms with Crippen molar-refractivity contribution < 1.29 is 14.6 Å². The molecule has 0 spiro atoms. The van der Waals surface area contributed by atoms with Crippen molar-refractivity contribution in [2.24, 2.45) is 17.8 Å². The third-order valence-electron chi connectivity index (χ3n) is 6.05. The van der Waals surface area contributed by atoms with Gasteiger partial charge in [-0.25, -0.2) is 0 Å². The molecule has 0 amide bonds. The fraction of sp³-hybridized carbons (Fsp3) is 1.00. The van der Waals surface area contributed by atoms with Gasteiger partial charge in [-0.3, -0.25) is 0 Å². The van der Waals surface area contributed by atoms with Crippen LogP contribution in [0.5, 0.6) is 0 Å². The number of aliphatic hydroxyl groups excluding tert-OH is 2. The van der Waals surface area contributed by atoms with Crippen LogP contribution in [-0.2, 0) is 4.43 Å². The summed E-state index contributed by atoms with van der Waals surface area (Å²) in [5.74, 6) is 1.28. The van der Waals surface area contributed by atoms with E-state index in [1.165, 1.54) is 12.8 Å². The van der Waals surface area contributed by atoms with Gasteiger partial charge in [-0.15, -0.1) is 0 Å². The second-order valence-electron chi connectivity index (χ2n) is 8.35. The fourth-order valence-electron chi connectivity index (χ4n) is 3.81. The van der Waals surface area contributed by atoms with Crippen molar-refractivity contribution in [2.45, 2.75) is 76.8 Å². The van der Waals surface area contributed by atoms with E-state index in [0.717, 1.165) is 6.42 Å². The van der Waals surface area contributed by atoms with E-state index in [-0.39, 0.29) is 23.7 Å². The molecule has 0 unspecified atom stereocenters. The van der Waals surface area contributed by atoms with E-state index in [9.17, 15) is 10.2 Å². The Hall–Kier alpha value is 0.0969. The molecule has 0 aliphatic heterocycles. The molecule has 20 heavy (non-hydrogen) atoms. The van der Waals surface area contributed by atoms with Gasteiger partial charge in [0.05, 0.1) is 12.2 Å². The lowest BCUT2D eigenvalue weighted by atomic mass is 9.71. The Kier molecular flexibility index (Phi) is 4.70. The van der Waals surface area contributed by atoms with Gasteiger partial charge in [-0.05, 0) is 55.1 Å².